The van der Waals surface area contributed by atoms with Gasteiger partial charge in [0, 0.05) is 52.4 Å². The lowest BCUT2D eigenvalue weighted by Gasteiger charge is -2.31. The molecule has 6 nitrogen and oxygen atoms in total. The quantitative estimate of drug-likeness (QED) is 0.670. The number of aromatic nitrogens is 2. The second kappa shape index (κ2) is 7.34. The average Bonchev–Trinajstić information content (AvgIpc) is 3.17. The van der Waals surface area contributed by atoms with Crippen LogP contribution in [0, 0.1) is 5.92 Å². The highest BCUT2D eigenvalue weighted by atomic mass is 15.3. The maximum atomic E-state index is 4.50. The molecule has 3 heterocycles. The number of hydrogen-bond acceptors (Lipinski definition) is 3. The van der Waals surface area contributed by atoms with Crippen molar-refractivity contribution in [1.29, 1.82) is 0 Å². The van der Waals surface area contributed by atoms with E-state index in [-0.39, 0.29) is 0 Å². The Kier molecular flexibility index (Phi) is 5.20. The van der Waals surface area contributed by atoms with Crippen LogP contribution in [0.25, 0.3) is 0 Å². The highest BCUT2D eigenvalue weighted by Gasteiger charge is 2.27. The molecule has 128 valence electrons. The summed E-state index contributed by atoms with van der Waals surface area (Å²) in [6.45, 7) is 5.58. The molecule has 1 N–H and O–H groups in total. The lowest BCUT2D eigenvalue weighted by Crippen LogP contribution is -2.44. The molecule has 0 aromatic carbocycles. The molecule has 2 aliphatic heterocycles. The van der Waals surface area contributed by atoms with Crippen LogP contribution in [0.15, 0.2) is 17.4 Å². The van der Waals surface area contributed by atoms with Crippen LogP contribution in [-0.4, -0.2) is 72.4 Å². The number of nitrogens with one attached hydrogen (secondary N) is 1. The molecule has 1 aromatic rings. The molecule has 0 bridgehead atoms. The van der Waals surface area contributed by atoms with E-state index in [1.807, 2.05) is 25.0 Å². The van der Waals surface area contributed by atoms with Gasteiger partial charge in [0.1, 0.15) is 0 Å². The van der Waals surface area contributed by atoms with Gasteiger partial charge >= 0.3 is 0 Å². The van der Waals surface area contributed by atoms with E-state index in [1.165, 1.54) is 37.9 Å². The van der Waals surface area contributed by atoms with Gasteiger partial charge in [-0.05, 0) is 44.3 Å². The summed E-state index contributed by atoms with van der Waals surface area (Å²) >= 11 is 0. The van der Waals surface area contributed by atoms with E-state index < -0.39 is 0 Å². The van der Waals surface area contributed by atoms with Crippen LogP contribution >= 0.6 is 0 Å². The van der Waals surface area contributed by atoms with Crippen molar-refractivity contribution in [2.75, 3.05) is 46.8 Å². The van der Waals surface area contributed by atoms with Crippen molar-refractivity contribution in [3.8, 4) is 0 Å². The van der Waals surface area contributed by atoms with Gasteiger partial charge in [0.25, 0.3) is 0 Å². The first-order valence-corrected chi connectivity index (χ1v) is 8.78. The highest BCUT2D eigenvalue weighted by Crippen LogP contribution is 2.26. The average molecular weight is 318 g/mol. The number of hydrogen-bond donors (Lipinski definition) is 1. The fourth-order valence-corrected chi connectivity index (χ4v) is 3.88. The minimum Gasteiger partial charge on any atom is -0.356 e. The number of aryl methyl sites for hydroxylation is 1. The van der Waals surface area contributed by atoms with Gasteiger partial charge in [0.05, 0.1) is 6.20 Å². The fourth-order valence-electron chi connectivity index (χ4n) is 3.88. The SMILES string of the molecule is CN=C(NCC1CCCN(C)C1)N1CCC(c2cnn(C)c2)C1. The van der Waals surface area contributed by atoms with Crippen molar-refractivity contribution >= 4 is 5.96 Å². The lowest BCUT2D eigenvalue weighted by molar-refractivity contribution is 0.209. The van der Waals surface area contributed by atoms with Crippen LogP contribution in [0.5, 0.6) is 0 Å². The Morgan fingerprint density at radius 1 is 1.30 bits per heavy atom. The fraction of sp³-hybridized carbons (Fsp3) is 0.765. The number of guanidine groups is 1. The highest BCUT2D eigenvalue weighted by molar-refractivity contribution is 5.80. The van der Waals surface area contributed by atoms with Gasteiger partial charge in [-0.25, -0.2) is 0 Å². The van der Waals surface area contributed by atoms with Crippen molar-refractivity contribution in [1.82, 2.24) is 24.9 Å². The summed E-state index contributed by atoms with van der Waals surface area (Å²) in [5, 5.41) is 7.91. The van der Waals surface area contributed by atoms with E-state index in [9.17, 15) is 0 Å². The Morgan fingerprint density at radius 2 is 2.17 bits per heavy atom. The third-order valence-corrected chi connectivity index (χ3v) is 5.17. The molecule has 6 heteroatoms. The third-order valence-electron chi connectivity index (χ3n) is 5.17. The Hall–Kier alpha value is -1.56. The van der Waals surface area contributed by atoms with Gasteiger partial charge in [-0.1, -0.05) is 0 Å². The summed E-state index contributed by atoms with van der Waals surface area (Å²) in [5.74, 6) is 2.37. The number of aliphatic imine (C=N–C) groups is 1. The zero-order valence-electron chi connectivity index (χ0n) is 14.7. The molecule has 2 atom stereocenters. The molecule has 0 aliphatic carbocycles. The van der Waals surface area contributed by atoms with Crippen molar-refractivity contribution in [3.05, 3.63) is 18.0 Å². The van der Waals surface area contributed by atoms with Gasteiger partial charge in [-0.15, -0.1) is 0 Å². The summed E-state index contributed by atoms with van der Waals surface area (Å²) in [7, 11) is 6.10. The van der Waals surface area contributed by atoms with Crippen molar-refractivity contribution in [2.45, 2.75) is 25.2 Å². The molecule has 2 saturated heterocycles. The van der Waals surface area contributed by atoms with Crippen LogP contribution < -0.4 is 5.32 Å². The van der Waals surface area contributed by atoms with Crippen molar-refractivity contribution in [2.24, 2.45) is 18.0 Å². The Balaban J connectivity index is 1.51. The normalized spacial score (nSPS) is 26.7. The largest absolute Gasteiger partial charge is 0.356 e. The maximum absolute atomic E-state index is 4.50. The molecule has 3 rings (SSSR count). The van der Waals surface area contributed by atoms with Gasteiger partial charge in [-0.3, -0.25) is 9.67 Å². The summed E-state index contributed by atoms with van der Waals surface area (Å²) < 4.78 is 1.89. The van der Waals surface area contributed by atoms with E-state index in [0.29, 0.717) is 5.92 Å². The molecular formula is C17H30N6. The van der Waals surface area contributed by atoms with E-state index >= 15 is 0 Å². The van der Waals surface area contributed by atoms with Gasteiger partial charge in [-0.2, -0.15) is 5.10 Å². The first kappa shape index (κ1) is 16.3. The zero-order chi connectivity index (χ0) is 16.2. The molecule has 1 aromatic heterocycles. The van der Waals surface area contributed by atoms with E-state index in [4.69, 9.17) is 0 Å². The first-order chi connectivity index (χ1) is 11.2. The second-order valence-corrected chi connectivity index (χ2v) is 7.08. The summed E-state index contributed by atoms with van der Waals surface area (Å²) in [5.41, 5.74) is 1.35. The molecule has 2 fully saturated rings. The monoisotopic (exact) mass is 318 g/mol. The van der Waals surface area contributed by atoms with Gasteiger partial charge in [0.2, 0.25) is 0 Å². The Labute approximate surface area is 139 Å². The minimum absolute atomic E-state index is 0.572. The lowest BCUT2D eigenvalue weighted by atomic mass is 9.98. The molecule has 0 radical (unpaired) electrons. The van der Waals surface area contributed by atoms with E-state index in [2.05, 4.69) is 38.5 Å². The van der Waals surface area contributed by atoms with Crippen molar-refractivity contribution in [3.63, 3.8) is 0 Å². The van der Waals surface area contributed by atoms with Crippen LogP contribution in [0.2, 0.25) is 0 Å². The number of likely N-dealkylation sites (tertiary alicyclic amines) is 2. The third kappa shape index (κ3) is 4.05. The predicted molar refractivity (Wildman–Crippen MR) is 93.7 cm³/mol. The van der Waals surface area contributed by atoms with Gasteiger partial charge in [0.15, 0.2) is 5.96 Å². The number of nitrogens with zero attached hydrogens (tertiary/aromatic N) is 5. The summed E-state index contributed by atoms with van der Waals surface area (Å²) in [4.78, 5) is 9.33. The molecule has 2 unspecified atom stereocenters. The van der Waals surface area contributed by atoms with Gasteiger partial charge < -0.3 is 15.1 Å². The second-order valence-electron chi connectivity index (χ2n) is 7.08. The topological polar surface area (TPSA) is 48.7 Å². The molecule has 23 heavy (non-hydrogen) atoms. The minimum atomic E-state index is 0.572. The first-order valence-electron chi connectivity index (χ1n) is 8.78. The van der Waals surface area contributed by atoms with Crippen LogP contribution in [0.3, 0.4) is 0 Å². The van der Waals surface area contributed by atoms with Crippen LogP contribution in [0.4, 0.5) is 0 Å². The maximum Gasteiger partial charge on any atom is 0.193 e. The van der Waals surface area contributed by atoms with Crippen LogP contribution in [-0.2, 0) is 7.05 Å². The number of rotatable bonds is 3. The number of piperidine rings is 1. The zero-order valence-corrected chi connectivity index (χ0v) is 14.7. The summed E-state index contributed by atoms with van der Waals surface area (Å²) in [6, 6.07) is 0. The molecule has 0 spiro atoms. The smallest absolute Gasteiger partial charge is 0.193 e. The van der Waals surface area contributed by atoms with Crippen molar-refractivity contribution < 1.29 is 0 Å². The predicted octanol–water partition coefficient (Wildman–Crippen LogP) is 1.13. The van der Waals surface area contributed by atoms with Crippen LogP contribution in [0.1, 0.15) is 30.7 Å². The molecule has 0 amide bonds. The standard InChI is InChI=1S/C17H30N6/c1-18-17(19-9-14-5-4-7-21(2)11-14)23-8-6-15(13-23)16-10-20-22(3)12-16/h10,12,14-15H,4-9,11,13H2,1-3H3,(H,18,19). The summed E-state index contributed by atoms with van der Waals surface area (Å²) in [6.07, 6.45) is 7.96. The Bertz CT molecular complexity index is 537. The van der Waals surface area contributed by atoms with E-state index in [0.717, 1.165) is 31.5 Å². The van der Waals surface area contributed by atoms with E-state index in [1.54, 1.807) is 0 Å². The molecular weight excluding hydrogens is 288 g/mol. The molecule has 2 aliphatic rings. The Morgan fingerprint density at radius 3 is 2.87 bits per heavy atom. The molecule has 0 saturated carbocycles.